The highest BCUT2D eigenvalue weighted by molar-refractivity contribution is 7.84. The molecule has 0 bridgehead atoms. The molecule has 4 atom stereocenters. The first kappa shape index (κ1) is 18.5. The summed E-state index contributed by atoms with van der Waals surface area (Å²) in [6.45, 7) is -0.322. The Balaban J connectivity index is 1.86. The Morgan fingerprint density at radius 3 is 2.85 bits per heavy atom. The van der Waals surface area contributed by atoms with Gasteiger partial charge in [-0.3, -0.25) is 8.75 Å². The Kier molecular flexibility index (Phi) is 5.05. The quantitative estimate of drug-likeness (QED) is 0.397. The molecule has 0 spiro atoms. The van der Waals surface area contributed by atoms with Gasteiger partial charge in [-0.25, -0.2) is 20.1 Å². The third-order valence-corrected chi connectivity index (χ3v) is 4.19. The van der Waals surface area contributed by atoms with Crippen LogP contribution >= 0.6 is 0 Å². The number of nitrogens with zero attached hydrogens (tertiary/aromatic N) is 4. The normalized spacial score (nSPS) is 26.1. The number of anilines is 1. The number of imidazole rings is 1. The molecule has 3 heterocycles. The van der Waals surface area contributed by atoms with Crippen molar-refractivity contribution in [1.29, 1.82) is 0 Å². The second-order valence-corrected chi connectivity index (χ2v) is 6.65. The highest BCUT2D eigenvalue weighted by Crippen LogP contribution is 2.32. The van der Waals surface area contributed by atoms with Gasteiger partial charge in [0.05, 0.1) is 19.5 Å². The van der Waals surface area contributed by atoms with Crippen LogP contribution < -0.4 is 10.5 Å². The van der Waals surface area contributed by atoms with Crippen molar-refractivity contribution in [1.82, 2.24) is 19.5 Å². The van der Waals surface area contributed by atoms with E-state index in [1.54, 1.807) is 0 Å². The number of terminal acetylenes is 1. The molecule has 140 valence electrons. The standard InChI is InChI=1S/C13H16N6O6S/c1-2-3-15-11-8-12(17-5-16-11)19(6-18-8)13-10(21)9(20)7(25-13)4-24-26(14,22)23/h1,5-7,9-10,13,20-21H,3-4H2,(H2,14,22,23)(H,15,16,17)/t7-,9-,10-,13-/m1/s1. The molecule has 0 aliphatic carbocycles. The summed E-state index contributed by atoms with van der Waals surface area (Å²) >= 11 is 0. The molecule has 0 unspecified atom stereocenters. The van der Waals surface area contributed by atoms with Gasteiger partial charge in [0.25, 0.3) is 0 Å². The highest BCUT2D eigenvalue weighted by Gasteiger charge is 2.44. The molecular weight excluding hydrogens is 368 g/mol. The Bertz CT molecular complexity index is 940. The van der Waals surface area contributed by atoms with Crippen molar-refractivity contribution in [2.75, 3.05) is 18.5 Å². The minimum absolute atomic E-state index is 0.229. The lowest BCUT2D eigenvalue weighted by atomic mass is 10.1. The van der Waals surface area contributed by atoms with Crippen molar-refractivity contribution in [3.8, 4) is 12.3 Å². The van der Waals surface area contributed by atoms with Crippen LogP contribution in [0.15, 0.2) is 12.7 Å². The summed E-state index contributed by atoms with van der Waals surface area (Å²) in [5, 5.41) is 28.0. The number of ether oxygens (including phenoxy) is 1. The maximum atomic E-state index is 10.9. The molecular formula is C13H16N6O6S. The van der Waals surface area contributed by atoms with Crippen molar-refractivity contribution in [3.63, 3.8) is 0 Å². The summed E-state index contributed by atoms with van der Waals surface area (Å²) in [7, 11) is -4.21. The van der Waals surface area contributed by atoms with E-state index in [2.05, 4.69) is 30.4 Å². The van der Waals surface area contributed by atoms with Crippen LogP contribution in [0.2, 0.25) is 0 Å². The minimum atomic E-state index is -4.21. The molecule has 2 aromatic heterocycles. The van der Waals surface area contributed by atoms with Gasteiger partial charge in [0.15, 0.2) is 23.2 Å². The predicted molar refractivity (Wildman–Crippen MR) is 87.6 cm³/mol. The Labute approximate surface area is 148 Å². The first-order valence-electron chi connectivity index (χ1n) is 7.35. The van der Waals surface area contributed by atoms with Gasteiger partial charge in [0.1, 0.15) is 24.6 Å². The number of fused-ring (bicyclic) bond motifs is 1. The third-order valence-electron chi connectivity index (χ3n) is 3.72. The van der Waals surface area contributed by atoms with Gasteiger partial charge < -0.3 is 20.3 Å². The lowest BCUT2D eigenvalue weighted by Crippen LogP contribution is -2.35. The first-order chi connectivity index (χ1) is 12.3. The maximum absolute atomic E-state index is 10.9. The number of rotatable bonds is 6. The molecule has 12 nitrogen and oxygen atoms in total. The Morgan fingerprint density at radius 2 is 2.15 bits per heavy atom. The number of nitrogens with two attached hydrogens (primary N) is 1. The van der Waals surface area contributed by atoms with Crippen LogP contribution in [-0.4, -0.2) is 69.6 Å². The zero-order valence-corrected chi connectivity index (χ0v) is 14.1. The number of aliphatic hydroxyl groups excluding tert-OH is 2. The number of aromatic nitrogens is 4. The molecule has 1 aliphatic rings. The van der Waals surface area contributed by atoms with E-state index < -0.39 is 41.5 Å². The summed E-state index contributed by atoms with van der Waals surface area (Å²) in [4.78, 5) is 12.3. The van der Waals surface area contributed by atoms with Gasteiger partial charge in [-0.1, -0.05) is 5.92 Å². The molecule has 13 heteroatoms. The van der Waals surface area contributed by atoms with Crippen molar-refractivity contribution in [2.45, 2.75) is 24.5 Å². The summed E-state index contributed by atoms with van der Waals surface area (Å²) in [5.74, 6) is 2.81. The second kappa shape index (κ2) is 7.11. The van der Waals surface area contributed by atoms with Crippen LogP contribution in [0.25, 0.3) is 11.2 Å². The van der Waals surface area contributed by atoms with E-state index in [0.717, 1.165) is 0 Å². The van der Waals surface area contributed by atoms with E-state index in [4.69, 9.17) is 16.3 Å². The van der Waals surface area contributed by atoms with Gasteiger partial charge in [0.2, 0.25) is 0 Å². The molecule has 0 radical (unpaired) electrons. The lowest BCUT2D eigenvalue weighted by Gasteiger charge is -2.16. The number of hydrogen-bond donors (Lipinski definition) is 4. The van der Waals surface area contributed by atoms with Crippen LogP contribution in [0.3, 0.4) is 0 Å². The zero-order valence-electron chi connectivity index (χ0n) is 13.3. The van der Waals surface area contributed by atoms with E-state index in [9.17, 15) is 18.6 Å². The smallest absolute Gasteiger partial charge is 0.333 e. The number of nitrogens with one attached hydrogen (secondary N) is 1. The topological polar surface area (TPSA) is 175 Å². The molecule has 3 rings (SSSR count). The summed E-state index contributed by atoms with van der Waals surface area (Å²) in [5.41, 5.74) is 0.709. The van der Waals surface area contributed by atoms with Gasteiger partial charge >= 0.3 is 10.3 Å². The number of hydrogen-bond acceptors (Lipinski definition) is 10. The largest absolute Gasteiger partial charge is 0.387 e. The average molecular weight is 384 g/mol. The lowest BCUT2D eigenvalue weighted by molar-refractivity contribution is -0.0467. The average Bonchev–Trinajstić information content (AvgIpc) is 3.13. The van der Waals surface area contributed by atoms with Crippen LogP contribution in [0.1, 0.15) is 6.23 Å². The van der Waals surface area contributed by atoms with Crippen LogP contribution in [-0.2, 0) is 19.2 Å². The van der Waals surface area contributed by atoms with Crippen LogP contribution in [0, 0.1) is 12.3 Å². The maximum Gasteiger partial charge on any atom is 0.333 e. The molecule has 5 N–H and O–H groups in total. The highest BCUT2D eigenvalue weighted by atomic mass is 32.2. The van der Waals surface area contributed by atoms with E-state index >= 15 is 0 Å². The van der Waals surface area contributed by atoms with Crippen molar-refractivity contribution < 1.29 is 27.6 Å². The predicted octanol–water partition coefficient (Wildman–Crippen LogP) is -2.29. The SMILES string of the molecule is C#CCNc1ncnc2c1ncn2[C@@H]1O[C@H](COS(N)(=O)=O)[C@@H](O)[C@H]1O. The van der Waals surface area contributed by atoms with Crippen molar-refractivity contribution >= 4 is 27.3 Å². The fourth-order valence-electron chi connectivity index (χ4n) is 2.56. The van der Waals surface area contributed by atoms with Gasteiger partial charge in [-0.2, -0.15) is 8.42 Å². The molecule has 26 heavy (non-hydrogen) atoms. The van der Waals surface area contributed by atoms with Crippen LogP contribution in [0.4, 0.5) is 5.82 Å². The molecule has 1 saturated heterocycles. The molecule has 1 fully saturated rings. The van der Waals surface area contributed by atoms with Gasteiger partial charge in [0, 0.05) is 0 Å². The van der Waals surface area contributed by atoms with Gasteiger partial charge in [-0.05, 0) is 0 Å². The van der Waals surface area contributed by atoms with E-state index in [-0.39, 0.29) is 6.54 Å². The summed E-state index contributed by atoms with van der Waals surface area (Å²) < 4.78 is 33.1. The zero-order chi connectivity index (χ0) is 18.9. The van der Waals surface area contributed by atoms with E-state index in [1.807, 2.05) is 0 Å². The summed E-state index contributed by atoms with van der Waals surface area (Å²) in [6, 6.07) is 0. The van der Waals surface area contributed by atoms with Crippen molar-refractivity contribution in [3.05, 3.63) is 12.7 Å². The Hall–Kier alpha value is -2.34. The van der Waals surface area contributed by atoms with Gasteiger partial charge in [-0.15, -0.1) is 6.42 Å². The molecule has 0 amide bonds. The Morgan fingerprint density at radius 1 is 1.38 bits per heavy atom. The van der Waals surface area contributed by atoms with Crippen LogP contribution in [0.5, 0.6) is 0 Å². The number of aliphatic hydroxyl groups is 2. The van der Waals surface area contributed by atoms with Crippen molar-refractivity contribution in [2.24, 2.45) is 5.14 Å². The molecule has 2 aromatic rings. The fraction of sp³-hybridized carbons (Fsp3) is 0.462. The second-order valence-electron chi connectivity index (χ2n) is 5.43. The van der Waals surface area contributed by atoms with E-state index in [1.165, 1.54) is 17.2 Å². The third kappa shape index (κ3) is 3.60. The molecule has 1 aliphatic heterocycles. The first-order valence-corrected chi connectivity index (χ1v) is 8.82. The molecule has 0 aromatic carbocycles. The minimum Gasteiger partial charge on any atom is -0.387 e. The van der Waals surface area contributed by atoms with E-state index in [0.29, 0.717) is 17.0 Å². The monoisotopic (exact) mass is 384 g/mol. The summed E-state index contributed by atoms with van der Waals surface area (Å²) in [6.07, 6.45) is 2.87. The molecule has 0 saturated carbocycles. The fourth-order valence-corrected chi connectivity index (χ4v) is 2.88.